The molecule has 0 bridgehead atoms. The number of likely N-dealkylation sites (tertiary alicyclic amines) is 1. The summed E-state index contributed by atoms with van der Waals surface area (Å²) in [7, 11) is 0. The predicted octanol–water partition coefficient (Wildman–Crippen LogP) is 2.52. The van der Waals surface area contributed by atoms with Gasteiger partial charge in [-0.3, -0.25) is 4.79 Å². The Morgan fingerprint density at radius 2 is 1.96 bits per heavy atom. The lowest BCUT2D eigenvalue weighted by molar-refractivity contribution is -0.0312. The summed E-state index contributed by atoms with van der Waals surface area (Å²) in [5.74, 6) is 0.00459. The minimum atomic E-state index is -0.479. The number of aromatic amines is 1. The summed E-state index contributed by atoms with van der Waals surface area (Å²) in [5, 5.41) is 13.9. The van der Waals surface area contributed by atoms with Crippen molar-refractivity contribution in [2.45, 2.75) is 70.4 Å². The number of hydrogen-bond donors (Lipinski definition) is 3. The molecule has 0 atom stereocenters. The average Bonchev–Trinajstić information content (AvgIpc) is 2.88. The lowest BCUT2D eigenvalue weighted by Gasteiger charge is -2.40. The number of piperidine rings is 1. The zero-order valence-corrected chi connectivity index (χ0v) is 15.0. The van der Waals surface area contributed by atoms with Gasteiger partial charge in [-0.15, -0.1) is 0 Å². The van der Waals surface area contributed by atoms with Crippen molar-refractivity contribution in [1.29, 1.82) is 0 Å². The van der Waals surface area contributed by atoms with Gasteiger partial charge in [-0.25, -0.2) is 0 Å². The summed E-state index contributed by atoms with van der Waals surface area (Å²) >= 11 is 0. The minimum absolute atomic E-state index is 0.00459. The first-order chi connectivity index (χ1) is 11.5. The number of rotatable bonds is 4. The van der Waals surface area contributed by atoms with Gasteiger partial charge in [-0.2, -0.15) is 0 Å². The molecule has 2 aliphatic rings. The molecule has 1 saturated carbocycles. The van der Waals surface area contributed by atoms with Crippen LogP contribution in [0.15, 0.2) is 6.07 Å². The number of carbonyl (C=O) groups excluding carboxylic acids is 1. The number of hydrogen-bond acceptors (Lipinski definition) is 3. The van der Waals surface area contributed by atoms with Crippen LogP contribution in [0, 0.1) is 13.8 Å². The van der Waals surface area contributed by atoms with Gasteiger partial charge in [0.05, 0.1) is 5.60 Å². The van der Waals surface area contributed by atoms with Gasteiger partial charge in [0, 0.05) is 31.4 Å². The van der Waals surface area contributed by atoms with E-state index in [1.165, 1.54) is 6.42 Å². The van der Waals surface area contributed by atoms with Gasteiger partial charge in [-0.05, 0) is 51.2 Å². The molecule has 1 aromatic heterocycles. The van der Waals surface area contributed by atoms with Crippen LogP contribution >= 0.6 is 0 Å². The van der Waals surface area contributed by atoms with Crippen molar-refractivity contribution in [3.63, 3.8) is 0 Å². The molecule has 1 aliphatic heterocycles. The van der Waals surface area contributed by atoms with Crippen molar-refractivity contribution in [3.8, 4) is 0 Å². The molecule has 1 amide bonds. The first kappa shape index (κ1) is 17.5. The van der Waals surface area contributed by atoms with E-state index in [1.54, 1.807) is 0 Å². The quantitative estimate of drug-likeness (QED) is 0.793. The van der Waals surface area contributed by atoms with Crippen LogP contribution in [0.4, 0.5) is 0 Å². The first-order valence-corrected chi connectivity index (χ1v) is 9.37. The molecule has 1 aromatic rings. The fourth-order valence-electron chi connectivity index (χ4n) is 4.24. The van der Waals surface area contributed by atoms with Gasteiger partial charge in [-0.1, -0.05) is 19.3 Å². The largest absolute Gasteiger partial charge is 0.389 e. The van der Waals surface area contributed by atoms with Crippen molar-refractivity contribution in [2.75, 3.05) is 19.6 Å². The lowest BCUT2D eigenvalue weighted by Crippen LogP contribution is -2.50. The van der Waals surface area contributed by atoms with E-state index in [-0.39, 0.29) is 11.9 Å². The van der Waals surface area contributed by atoms with Crippen LogP contribution in [-0.4, -0.2) is 52.2 Å². The second-order valence-corrected chi connectivity index (χ2v) is 7.82. The van der Waals surface area contributed by atoms with Crippen molar-refractivity contribution in [2.24, 2.45) is 0 Å². The van der Waals surface area contributed by atoms with Crippen LogP contribution in [0.1, 0.15) is 66.7 Å². The van der Waals surface area contributed by atoms with E-state index >= 15 is 0 Å². The molecule has 1 aliphatic carbocycles. The molecule has 134 valence electrons. The Kier molecular flexibility index (Phi) is 5.30. The van der Waals surface area contributed by atoms with E-state index in [1.807, 2.05) is 19.9 Å². The van der Waals surface area contributed by atoms with Gasteiger partial charge in [0.2, 0.25) is 0 Å². The molecular formula is C19H31N3O2. The highest BCUT2D eigenvalue weighted by atomic mass is 16.3. The molecule has 0 aromatic carbocycles. The van der Waals surface area contributed by atoms with Crippen LogP contribution in [0.2, 0.25) is 0 Å². The fraction of sp³-hybridized carbons (Fsp3) is 0.737. The summed E-state index contributed by atoms with van der Waals surface area (Å²) in [6.07, 6.45) is 7.36. The highest BCUT2D eigenvalue weighted by Gasteiger charge is 2.33. The second kappa shape index (κ2) is 7.28. The maximum absolute atomic E-state index is 12.4. The van der Waals surface area contributed by atoms with Gasteiger partial charge < -0.3 is 20.3 Å². The van der Waals surface area contributed by atoms with E-state index in [2.05, 4.69) is 15.2 Å². The Morgan fingerprint density at radius 1 is 1.29 bits per heavy atom. The van der Waals surface area contributed by atoms with Crippen LogP contribution in [0.25, 0.3) is 0 Å². The fourth-order valence-corrected chi connectivity index (χ4v) is 4.24. The Labute approximate surface area is 144 Å². The normalized spacial score (nSPS) is 22.5. The van der Waals surface area contributed by atoms with Crippen LogP contribution in [0.5, 0.6) is 0 Å². The molecule has 5 heteroatoms. The number of aromatic nitrogens is 1. The Morgan fingerprint density at radius 3 is 2.54 bits per heavy atom. The number of aryl methyl sites for hydroxylation is 2. The summed E-state index contributed by atoms with van der Waals surface area (Å²) < 4.78 is 0. The summed E-state index contributed by atoms with van der Waals surface area (Å²) in [6.45, 7) is 6.64. The number of β-amino-alcohol motifs (C(OH)–C–C–N with tert-alkyl or cyclic N) is 1. The van der Waals surface area contributed by atoms with E-state index in [0.29, 0.717) is 5.69 Å². The van der Waals surface area contributed by atoms with Crippen molar-refractivity contribution in [1.82, 2.24) is 15.2 Å². The van der Waals surface area contributed by atoms with E-state index in [4.69, 9.17) is 0 Å². The molecule has 0 radical (unpaired) electrons. The number of nitrogens with one attached hydrogen (secondary N) is 2. The smallest absolute Gasteiger partial charge is 0.268 e. The zero-order valence-electron chi connectivity index (χ0n) is 15.0. The van der Waals surface area contributed by atoms with Gasteiger partial charge in [0.25, 0.3) is 5.91 Å². The standard InChI is InChI=1S/C19H31N3O2/c1-14-12-15(2)20-17(14)18(23)21-16-6-10-22(11-7-16)13-19(24)8-4-3-5-9-19/h12,16,20,24H,3-11,13H2,1-2H3,(H,21,23). The third-order valence-corrected chi connectivity index (χ3v) is 5.60. The molecule has 5 nitrogen and oxygen atoms in total. The monoisotopic (exact) mass is 333 g/mol. The molecule has 24 heavy (non-hydrogen) atoms. The van der Waals surface area contributed by atoms with E-state index in [0.717, 1.165) is 69.4 Å². The molecule has 1 saturated heterocycles. The van der Waals surface area contributed by atoms with Crippen LogP contribution in [-0.2, 0) is 0 Å². The van der Waals surface area contributed by atoms with Crippen molar-refractivity contribution < 1.29 is 9.90 Å². The molecular weight excluding hydrogens is 302 g/mol. The summed E-state index contributed by atoms with van der Waals surface area (Å²) in [5.41, 5.74) is 2.23. The maximum atomic E-state index is 12.4. The number of carbonyl (C=O) groups is 1. The molecule has 3 rings (SSSR count). The SMILES string of the molecule is Cc1cc(C)c(C(=O)NC2CCN(CC3(O)CCCCC3)CC2)[nH]1. The second-order valence-electron chi connectivity index (χ2n) is 7.82. The summed E-state index contributed by atoms with van der Waals surface area (Å²) in [4.78, 5) is 17.9. The van der Waals surface area contributed by atoms with Gasteiger partial charge >= 0.3 is 0 Å². The number of amides is 1. The molecule has 2 heterocycles. The Balaban J connectivity index is 1.46. The predicted molar refractivity (Wildman–Crippen MR) is 95.2 cm³/mol. The number of H-pyrrole nitrogens is 1. The average molecular weight is 333 g/mol. The highest BCUT2D eigenvalue weighted by Crippen LogP contribution is 2.29. The third kappa shape index (κ3) is 4.19. The molecule has 2 fully saturated rings. The zero-order chi connectivity index (χ0) is 17.2. The van der Waals surface area contributed by atoms with E-state index in [9.17, 15) is 9.90 Å². The third-order valence-electron chi connectivity index (χ3n) is 5.60. The highest BCUT2D eigenvalue weighted by molar-refractivity contribution is 5.94. The molecule has 0 unspecified atom stereocenters. The first-order valence-electron chi connectivity index (χ1n) is 9.37. The maximum Gasteiger partial charge on any atom is 0.268 e. The topological polar surface area (TPSA) is 68.4 Å². The van der Waals surface area contributed by atoms with Crippen LogP contribution < -0.4 is 5.32 Å². The molecule has 0 spiro atoms. The summed E-state index contributed by atoms with van der Waals surface area (Å²) in [6, 6.07) is 2.24. The Hall–Kier alpha value is -1.33. The lowest BCUT2D eigenvalue weighted by atomic mass is 9.84. The van der Waals surface area contributed by atoms with Gasteiger partial charge in [0.1, 0.15) is 5.69 Å². The molecule has 3 N–H and O–H groups in total. The Bertz CT molecular complexity index is 567. The minimum Gasteiger partial charge on any atom is -0.389 e. The van der Waals surface area contributed by atoms with Crippen molar-refractivity contribution >= 4 is 5.91 Å². The number of aliphatic hydroxyl groups is 1. The van der Waals surface area contributed by atoms with Crippen LogP contribution in [0.3, 0.4) is 0 Å². The number of nitrogens with zero attached hydrogens (tertiary/aromatic N) is 1. The van der Waals surface area contributed by atoms with E-state index < -0.39 is 5.60 Å². The van der Waals surface area contributed by atoms with Gasteiger partial charge in [0.15, 0.2) is 0 Å². The van der Waals surface area contributed by atoms with Crippen molar-refractivity contribution in [3.05, 3.63) is 23.0 Å².